The van der Waals surface area contributed by atoms with Crippen molar-refractivity contribution in [3.63, 3.8) is 0 Å². The predicted molar refractivity (Wildman–Crippen MR) is 42.9 cm³/mol. The molecule has 0 amide bonds. The maximum atomic E-state index is 11.2. The number of ether oxygens (including phenoxy) is 1. The lowest BCUT2D eigenvalue weighted by molar-refractivity contribution is 0.126. The van der Waals surface area contributed by atoms with Crippen LogP contribution in [0.4, 0.5) is 0 Å². The van der Waals surface area contributed by atoms with Crippen LogP contribution in [-0.2, 0) is 14.6 Å². The molecule has 1 fully saturated rings. The van der Waals surface area contributed by atoms with Crippen LogP contribution in [0.15, 0.2) is 12.0 Å². The lowest BCUT2D eigenvalue weighted by Crippen LogP contribution is -2.25. The van der Waals surface area contributed by atoms with Gasteiger partial charge in [-0.05, 0) is 13.3 Å². The highest BCUT2D eigenvalue weighted by Crippen LogP contribution is 2.21. The smallest absolute Gasteiger partial charge is 0.176 e. The van der Waals surface area contributed by atoms with Crippen molar-refractivity contribution in [2.75, 3.05) is 6.61 Å². The van der Waals surface area contributed by atoms with Crippen molar-refractivity contribution >= 4 is 9.84 Å². The van der Waals surface area contributed by atoms with Crippen LogP contribution < -0.4 is 0 Å². The van der Waals surface area contributed by atoms with Gasteiger partial charge in [0.2, 0.25) is 0 Å². The van der Waals surface area contributed by atoms with Gasteiger partial charge < -0.3 is 4.74 Å². The van der Waals surface area contributed by atoms with Gasteiger partial charge in [0.1, 0.15) is 0 Å². The van der Waals surface area contributed by atoms with Gasteiger partial charge in [-0.1, -0.05) is 6.58 Å². The Bertz CT molecular complexity index is 242. The summed E-state index contributed by atoms with van der Waals surface area (Å²) in [5.41, 5.74) is 0. The third kappa shape index (κ3) is 1.62. The third-order valence-electron chi connectivity index (χ3n) is 1.96. The fourth-order valence-corrected chi connectivity index (χ4v) is 2.55. The Hall–Kier alpha value is -0.350. The van der Waals surface area contributed by atoms with Crippen LogP contribution in [-0.4, -0.2) is 26.4 Å². The molecule has 64 valence electrons. The average Bonchev–Trinajstić information content (AvgIpc) is 2.36. The Kier molecular flexibility index (Phi) is 2.34. The van der Waals surface area contributed by atoms with E-state index >= 15 is 0 Å². The van der Waals surface area contributed by atoms with Crippen molar-refractivity contribution in [2.24, 2.45) is 0 Å². The zero-order valence-electron chi connectivity index (χ0n) is 6.49. The molecule has 0 spiro atoms. The van der Waals surface area contributed by atoms with Crippen LogP contribution in [0.2, 0.25) is 0 Å². The molecular formula is C7H12O3S. The molecule has 0 aromatic rings. The average molecular weight is 176 g/mol. The molecule has 2 unspecified atom stereocenters. The summed E-state index contributed by atoms with van der Waals surface area (Å²) in [6, 6.07) is 0. The van der Waals surface area contributed by atoms with Crippen LogP contribution in [0, 0.1) is 0 Å². The highest BCUT2D eigenvalue weighted by Gasteiger charge is 2.33. The molecule has 0 aromatic heterocycles. The second kappa shape index (κ2) is 2.95. The quantitative estimate of drug-likeness (QED) is 0.622. The molecule has 0 N–H and O–H groups in total. The Morgan fingerprint density at radius 1 is 1.64 bits per heavy atom. The maximum Gasteiger partial charge on any atom is 0.176 e. The summed E-state index contributed by atoms with van der Waals surface area (Å²) in [6.45, 7) is 5.58. The first kappa shape index (κ1) is 8.74. The molecule has 11 heavy (non-hydrogen) atoms. The Balaban J connectivity index is 2.83. The maximum absolute atomic E-state index is 11.2. The minimum atomic E-state index is -3.11. The summed E-state index contributed by atoms with van der Waals surface area (Å²) in [4.78, 5) is 0. The van der Waals surface area contributed by atoms with Crippen LogP contribution in [0.5, 0.6) is 0 Å². The number of hydrogen-bond donors (Lipinski definition) is 0. The first-order valence-corrected chi connectivity index (χ1v) is 5.17. The molecule has 1 rings (SSSR count). The van der Waals surface area contributed by atoms with E-state index in [2.05, 4.69) is 6.58 Å². The van der Waals surface area contributed by atoms with Gasteiger partial charge in [-0.15, -0.1) is 0 Å². The summed E-state index contributed by atoms with van der Waals surface area (Å²) >= 11 is 0. The minimum absolute atomic E-state index is 0.182. The zero-order valence-corrected chi connectivity index (χ0v) is 7.30. The van der Waals surface area contributed by atoms with Gasteiger partial charge in [0.15, 0.2) is 9.84 Å². The molecule has 1 heterocycles. The minimum Gasteiger partial charge on any atom is -0.377 e. The third-order valence-corrected chi connectivity index (χ3v) is 3.89. The van der Waals surface area contributed by atoms with Gasteiger partial charge in [0.25, 0.3) is 0 Å². The SMILES string of the molecule is C=CS(=O)(=O)C1CCOC1C. The van der Waals surface area contributed by atoms with Gasteiger partial charge in [0.05, 0.1) is 11.4 Å². The summed E-state index contributed by atoms with van der Waals surface area (Å²) in [5, 5.41) is 0.642. The lowest BCUT2D eigenvalue weighted by atomic mass is 10.3. The number of sulfone groups is 1. The molecular weight excluding hydrogens is 164 g/mol. The van der Waals surface area contributed by atoms with Gasteiger partial charge in [-0.2, -0.15) is 0 Å². The van der Waals surface area contributed by atoms with E-state index in [1.807, 2.05) is 0 Å². The zero-order chi connectivity index (χ0) is 8.48. The van der Waals surface area contributed by atoms with E-state index in [-0.39, 0.29) is 11.4 Å². The topological polar surface area (TPSA) is 43.4 Å². The van der Waals surface area contributed by atoms with E-state index in [0.717, 1.165) is 5.41 Å². The van der Waals surface area contributed by atoms with Crippen molar-refractivity contribution in [3.05, 3.63) is 12.0 Å². The van der Waals surface area contributed by atoms with Crippen LogP contribution in [0.3, 0.4) is 0 Å². The first-order valence-electron chi connectivity index (χ1n) is 3.56. The standard InChI is InChI=1S/C7H12O3S/c1-3-11(8,9)7-4-5-10-6(7)2/h3,6-7H,1,4-5H2,2H3. The molecule has 0 aromatic carbocycles. The highest BCUT2D eigenvalue weighted by molar-refractivity contribution is 7.94. The molecule has 2 atom stereocenters. The molecule has 1 aliphatic rings. The van der Waals surface area contributed by atoms with Crippen LogP contribution in [0.1, 0.15) is 13.3 Å². The van der Waals surface area contributed by atoms with E-state index in [4.69, 9.17) is 4.74 Å². The Morgan fingerprint density at radius 2 is 2.27 bits per heavy atom. The van der Waals surface area contributed by atoms with Crippen molar-refractivity contribution in [3.8, 4) is 0 Å². The number of rotatable bonds is 2. The molecule has 3 nitrogen and oxygen atoms in total. The Labute approximate surface area is 67.0 Å². The van der Waals surface area contributed by atoms with Crippen molar-refractivity contribution in [1.82, 2.24) is 0 Å². The van der Waals surface area contributed by atoms with Gasteiger partial charge in [-0.25, -0.2) is 8.42 Å². The van der Waals surface area contributed by atoms with Crippen molar-refractivity contribution in [1.29, 1.82) is 0 Å². The molecule has 0 radical (unpaired) electrons. The van der Waals surface area contributed by atoms with Crippen molar-refractivity contribution < 1.29 is 13.2 Å². The summed E-state index contributed by atoms with van der Waals surface area (Å²) in [7, 11) is -3.11. The van der Waals surface area contributed by atoms with E-state index in [1.54, 1.807) is 6.92 Å². The normalized spacial score (nSPS) is 32.1. The van der Waals surface area contributed by atoms with E-state index in [0.29, 0.717) is 13.0 Å². The van der Waals surface area contributed by atoms with Crippen LogP contribution in [0.25, 0.3) is 0 Å². The largest absolute Gasteiger partial charge is 0.377 e. The highest BCUT2D eigenvalue weighted by atomic mass is 32.2. The number of hydrogen-bond acceptors (Lipinski definition) is 3. The molecule has 0 bridgehead atoms. The van der Waals surface area contributed by atoms with E-state index in [1.165, 1.54) is 0 Å². The fourth-order valence-electron chi connectivity index (χ4n) is 1.27. The second-order valence-electron chi connectivity index (χ2n) is 2.66. The fraction of sp³-hybridized carbons (Fsp3) is 0.714. The predicted octanol–water partition coefficient (Wildman–Crippen LogP) is 0.722. The van der Waals surface area contributed by atoms with Gasteiger partial charge in [0, 0.05) is 12.0 Å². The Morgan fingerprint density at radius 3 is 2.64 bits per heavy atom. The molecule has 0 saturated carbocycles. The van der Waals surface area contributed by atoms with Gasteiger partial charge in [-0.3, -0.25) is 0 Å². The summed E-state index contributed by atoms with van der Waals surface area (Å²) in [5.74, 6) is 0. The molecule has 0 aliphatic carbocycles. The van der Waals surface area contributed by atoms with Gasteiger partial charge >= 0.3 is 0 Å². The van der Waals surface area contributed by atoms with E-state index in [9.17, 15) is 8.42 Å². The first-order chi connectivity index (χ1) is 5.08. The second-order valence-corrected chi connectivity index (χ2v) is 4.78. The molecule has 4 heteroatoms. The molecule has 1 aliphatic heterocycles. The van der Waals surface area contributed by atoms with Crippen molar-refractivity contribution in [2.45, 2.75) is 24.7 Å². The lowest BCUT2D eigenvalue weighted by Gasteiger charge is -2.10. The monoisotopic (exact) mass is 176 g/mol. The summed E-state index contributed by atoms with van der Waals surface area (Å²) in [6.07, 6.45) is 0.410. The van der Waals surface area contributed by atoms with Crippen LogP contribution >= 0.6 is 0 Å². The van der Waals surface area contributed by atoms with E-state index < -0.39 is 9.84 Å². The molecule has 1 saturated heterocycles. The summed E-state index contributed by atoms with van der Waals surface area (Å²) < 4.78 is 27.6.